The van der Waals surface area contributed by atoms with Crippen molar-refractivity contribution in [1.82, 2.24) is 8.54 Å². The first-order chi connectivity index (χ1) is 11.8. The maximum Gasteiger partial charge on any atom is 0.350 e. The molecule has 2 aromatic carbocycles. The summed E-state index contributed by atoms with van der Waals surface area (Å²) in [7, 11) is -4.47. The Bertz CT molecular complexity index is 1110. The summed E-state index contributed by atoms with van der Waals surface area (Å²) in [6.07, 6.45) is 0.982. The van der Waals surface area contributed by atoms with Crippen LogP contribution in [0.3, 0.4) is 0 Å². The molecule has 3 rings (SSSR count). The van der Waals surface area contributed by atoms with Crippen molar-refractivity contribution in [2.24, 2.45) is 0 Å². The first kappa shape index (κ1) is 16.5. The largest absolute Gasteiger partial charge is 0.493 e. The Balaban J connectivity index is 2.20. The Morgan fingerprint density at radius 1 is 1.00 bits per heavy atom. The number of hydrogen-bond donors (Lipinski definition) is 2. The van der Waals surface area contributed by atoms with Crippen LogP contribution < -0.4 is 5.69 Å². The molecule has 2 N–H and O–H groups in total. The quantitative estimate of drug-likeness (QED) is 0.723. The molecule has 128 valence electrons. The van der Waals surface area contributed by atoms with Crippen LogP contribution in [0.5, 0.6) is 5.88 Å². The SMILES string of the molecule is O=C(O)c1cccc(S(=O)(=O)n2c(O)cn(-c3ccccc3)c2=O)c1. The molecule has 0 bridgehead atoms. The van der Waals surface area contributed by atoms with Crippen LogP contribution in [0.1, 0.15) is 10.4 Å². The topological polar surface area (TPSA) is 119 Å². The zero-order chi connectivity index (χ0) is 18.2. The van der Waals surface area contributed by atoms with Crippen LogP contribution in [0, 0.1) is 0 Å². The van der Waals surface area contributed by atoms with Crippen LogP contribution in [-0.4, -0.2) is 33.1 Å². The van der Waals surface area contributed by atoms with E-state index in [1.54, 1.807) is 30.3 Å². The molecule has 25 heavy (non-hydrogen) atoms. The number of carboxylic acids is 1. The number of carbonyl (C=O) groups is 1. The Morgan fingerprint density at radius 2 is 1.68 bits per heavy atom. The van der Waals surface area contributed by atoms with Crippen LogP contribution in [-0.2, 0) is 10.0 Å². The second-order valence-electron chi connectivity index (χ2n) is 5.08. The number of carboxylic acid groups (broad SMARTS) is 1. The van der Waals surface area contributed by atoms with E-state index in [1.165, 1.54) is 12.1 Å². The molecule has 0 spiro atoms. The van der Waals surface area contributed by atoms with Crippen LogP contribution in [0.2, 0.25) is 0 Å². The Kier molecular flexibility index (Phi) is 3.93. The minimum absolute atomic E-state index is 0.223. The van der Waals surface area contributed by atoms with Crippen LogP contribution >= 0.6 is 0 Å². The van der Waals surface area contributed by atoms with Gasteiger partial charge in [-0.2, -0.15) is 0 Å². The number of imidazole rings is 1. The summed E-state index contributed by atoms with van der Waals surface area (Å²) in [4.78, 5) is 23.1. The van der Waals surface area contributed by atoms with Crippen molar-refractivity contribution in [2.45, 2.75) is 4.90 Å². The standard InChI is InChI=1S/C16H12N2O6S/c19-14-10-17(12-6-2-1-3-7-12)16(22)18(14)25(23,24)13-8-4-5-11(9-13)15(20)21/h1-10,19H,(H,20,21). The fourth-order valence-corrected chi connectivity index (χ4v) is 3.64. The third-order valence-corrected chi connectivity index (χ3v) is 5.16. The summed E-state index contributed by atoms with van der Waals surface area (Å²) in [5.41, 5.74) is -0.878. The average molecular weight is 360 g/mol. The van der Waals surface area contributed by atoms with Gasteiger partial charge in [0.05, 0.1) is 22.3 Å². The summed E-state index contributed by atoms with van der Waals surface area (Å²) in [6.45, 7) is 0. The summed E-state index contributed by atoms with van der Waals surface area (Å²) >= 11 is 0. The second kappa shape index (κ2) is 5.95. The van der Waals surface area contributed by atoms with Gasteiger partial charge in [-0.05, 0) is 30.3 Å². The lowest BCUT2D eigenvalue weighted by Crippen LogP contribution is -2.29. The van der Waals surface area contributed by atoms with Gasteiger partial charge >= 0.3 is 11.7 Å². The summed E-state index contributed by atoms with van der Waals surface area (Å²) in [5, 5.41) is 19.0. The lowest BCUT2D eigenvalue weighted by Gasteiger charge is -2.06. The average Bonchev–Trinajstić information content (AvgIpc) is 2.91. The molecule has 9 heteroatoms. The van der Waals surface area contributed by atoms with Crippen molar-refractivity contribution in [3.05, 3.63) is 76.8 Å². The monoisotopic (exact) mass is 360 g/mol. The number of benzene rings is 2. The molecule has 1 heterocycles. The van der Waals surface area contributed by atoms with Gasteiger partial charge in [-0.25, -0.2) is 18.0 Å². The normalized spacial score (nSPS) is 11.4. The number of hydrogen-bond acceptors (Lipinski definition) is 5. The van der Waals surface area contributed by atoms with Crippen LogP contribution in [0.25, 0.3) is 5.69 Å². The smallest absolute Gasteiger partial charge is 0.350 e. The fraction of sp³-hybridized carbons (Fsp3) is 0. The molecule has 0 saturated heterocycles. The van der Waals surface area contributed by atoms with E-state index in [-0.39, 0.29) is 9.54 Å². The van der Waals surface area contributed by atoms with E-state index >= 15 is 0 Å². The molecule has 3 aromatic rings. The van der Waals surface area contributed by atoms with Crippen LogP contribution in [0.15, 0.2) is 70.5 Å². The van der Waals surface area contributed by atoms with Gasteiger partial charge in [-0.1, -0.05) is 24.3 Å². The Morgan fingerprint density at radius 3 is 2.32 bits per heavy atom. The third kappa shape index (κ3) is 2.81. The molecule has 0 aliphatic carbocycles. The highest BCUT2D eigenvalue weighted by Crippen LogP contribution is 2.20. The van der Waals surface area contributed by atoms with E-state index in [4.69, 9.17) is 5.11 Å². The predicted molar refractivity (Wildman–Crippen MR) is 87.7 cm³/mol. The van der Waals surface area contributed by atoms with Crippen molar-refractivity contribution in [1.29, 1.82) is 0 Å². The Hall–Kier alpha value is -3.33. The van der Waals surface area contributed by atoms with E-state index in [1.807, 2.05) is 0 Å². The van der Waals surface area contributed by atoms with Gasteiger partial charge in [-0.3, -0.25) is 4.57 Å². The van der Waals surface area contributed by atoms with Crippen molar-refractivity contribution >= 4 is 16.0 Å². The second-order valence-corrected chi connectivity index (χ2v) is 6.86. The molecular formula is C16H12N2O6S. The van der Waals surface area contributed by atoms with Crippen LogP contribution in [0.4, 0.5) is 0 Å². The lowest BCUT2D eigenvalue weighted by molar-refractivity contribution is 0.0696. The number of aromatic nitrogens is 2. The minimum atomic E-state index is -4.47. The molecule has 0 aliphatic rings. The number of nitrogens with zero attached hydrogens (tertiary/aromatic N) is 2. The third-order valence-electron chi connectivity index (χ3n) is 3.49. The number of para-hydroxylation sites is 1. The molecule has 0 saturated carbocycles. The molecule has 0 aliphatic heterocycles. The van der Waals surface area contributed by atoms with Crippen molar-refractivity contribution in [3.63, 3.8) is 0 Å². The highest BCUT2D eigenvalue weighted by Gasteiger charge is 2.26. The van der Waals surface area contributed by atoms with Gasteiger partial charge < -0.3 is 10.2 Å². The molecule has 0 atom stereocenters. The first-order valence-electron chi connectivity index (χ1n) is 7.00. The summed E-state index contributed by atoms with van der Waals surface area (Å²) < 4.78 is 26.6. The zero-order valence-electron chi connectivity index (χ0n) is 12.6. The highest BCUT2D eigenvalue weighted by atomic mass is 32.2. The highest BCUT2D eigenvalue weighted by molar-refractivity contribution is 7.90. The minimum Gasteiger partial charge on any atom is -0.493 e. The van der Waals surface area contributed by atoms with Crippen molar-refractivity contribution in [2.75, 3.05) is 0 Å². The zero-order valence-corrected chi connectivity index (χ0v) is 13.4. The lowest BCUT2D eigenvalue weighted by atomic mass is 10.2. The van der Waals surface area contributed by atoms with E-state index in [2.05, 4.69) is 0 Å². The van der Waals surface area contributed by atoms with Gasteiger partial charge in [0.15, 0.2) is 0 Å². The molecule has 0 amide bonds. The number of aromatic carboxylic acids is 1. The van der Waals surface area contributed by atoms with Crippen molar-refractivity contribution < 1.29 is 23.4 Å². The van der Waals surface area contributed by atoms with Gasteiger partial charge in [0, 0.05) is 0 Å². The summed E-state index contributed by atoms with van der Waals surface area (Å²) in [6, 6.07) is 12.7. The maximum atomic E-state index is 12.7. The predicted octanol–water partition coefficient (Wildman–Crippen LogP) is 1.28. The van der Waals surface area contributed by atoms with Crippen molar-refractivity contribution in [3.8, 4) is 11.6 Å². The van der Waals surface area contributed by atoms with Gasteiger partial charge in [0.1, 0.15) is 0 Å². The summed E-state index contributed by atoms with van der Waals surface area (Å²) in [5.74, 6) is -2.09. The molecule has 0 fully saturated rings. The van der Waals surface area contributed by atoms with E-state index in [9.17, 15) is 23.1 Å². The van der Waals surface area contributed by atoms with E-state index in [0.29, 0.717) is 5.69 Å². The van der Waals surface area contributed by atoms with E-state index < -0.39 is 32.5 Å². The molecule has 8 nitrogen and oxygen atoms in total. The maximum absolute atomic E-state index is 12.7. The molecule has 1 aromatic heterocycles. The van der Waals surface area contributed by atoms with Gasteiger partial charge in [0.2, 0.25) is 5.88 Å². The Labute approximate surface area is 141 Å². The number of rotatable bonds is 4. The molecular weight excluding hydrogens is 348 g/mol. The van der Waals surface area contributed by atoms with E-state index in [0.717, 1.165) is 22.9 Å². The van der Waals surface area contributed by atoms with Gasteiger partial charge in [0.25, 0.3) is 10.0 Å². The molecule has 0 radical (unpaired) electrons. The number of aromatic hydroxyl groups is 1. The first-order valence-corrected chi connectivity index (χ1v) is 8.44. The fourth-order valence-electron chi connectivity index (χ4n) is 2.31. The van der Waals surface area contributed by atoms with Gasteiger partial charge in [-0.15, -0.1) is 3.97 Å². The molecule has 0 unspecified atom stereocenters.